The molecule has 0 bridgehead atoms. The fourth-order valence-electron chi connectivity index (χ4n) is 0.888. The van der Waals surface area contributed by atoms with Crippen molar-refractivity contribution in [3.05, 3.63) is 30.3 Å². The second-order valence-corrected chi connectivity index (χ2v) is 4.17. The van der Waals surface area contributed by atoms with Crippen LogP contribution in [-0.2, 0) is 10.8 Å². The SMILES string of the molecule is CC(O)C[S@](=O)c1ccccc1. The minimum absolute atomic E-state index is 0.310. The molecule has 0 fully saturated rings. The predicted molar refractivity (Wildman–Crippen MR) is 49.4 cm³/mol. The molecule has 0 saturated heterocycles. The summed E-state index contributed by atoms with van der Waals surface area (Å²) in [6.07, 6.45) is -0.508. The minimum atomic E-state index is -1.06. The first-order valence-corrected chi connectivity index (χ1v) is 5.13. The first-order valence-electron chi connectivity index (χ1n) is 3.81. The summed E-state index contributed by atoms with van der Waals surface area (Å²) < 4.78 is 11.4. The van der Waals surface area contributed by atoms with Gasteiger partial charge in [-0.15, -0.1) is 0 Å². The van der Waals surface area contributed by atoms with E-state index in [0.29, 0.717) is 5.75 Å². The highest BCUT2D eigenvalue weighted by molar-refractivity contribution is 7.85. The second kappa shape index (κ2) is 4.38. The van der Waals surface area contributed by atoms with Gasteiger partial charge in [-0.2, -0.15) is 0 Å². The Morgan fingerprint density at radius 3 is 2.50 bits per heavy atom. The van der Waals surface area contributed by atoms with Crippen molar-refractivity contribution in [3.63, 3.8) is 0 Å². The molecule has 0 aliphatic rings. The minimum Gasteiger partial charge on any atom is -0.392 e. The molecule has 1 rings (SSSR count). The molecule has 1 aromatic carbocycles. The zero-order chi connectivity index (χ0) is 8.97. The van der Waals surface area contributed by atoms with E-state index in [9.17, 15) is 4.21 Å². The molecule has 1 aromatic rings. The van der Waals surface area contributed by atoms with Crippen molar-refractivity contribution in [1.82, 2.24) is 0 Å². The Morgan fingerprint density at radius 2 is 2.00 bits per heavy atom. The Balaban J connectivity index is 2.66. The van der Waals surface area contributed by atoms with E-state index >= 15 is 0 Å². The Bertz CT molecular complexity index is 256. The van der Waals surface area contributed by atoms with E-state index in [1.807, 2.05) is 18.2 Å². The van der Waals surface area contributed by atoms with Crippen molar-refractivity contribution in [1.29, 1.82) is 0 Å². The van der Waals surface area contributed by atoms with Gasteiger partial charge in [0.15, 0.2) is 0 Å². The first-order chi connectivity index (χ1) is 5.70. The predicted octanol–water partition coefficient (Wildman–Crippen LogP) is 1.18. The highest BCUT2D eigenvalue weighted by Crippen LogP contribution is 2.06. The molecule has 1 unspecified atom stereocenters. The van der Waals surface area contributed by atoms with Gasteiger partial charge >= 0.3 is 0 Å². The largest absolute Gasteiger partial charge is 0.392 e. The van der Waals surface area contributed by atoms with Gasteiger partial charge in [0.05, 0.1) is 22.7 Å². The summed E-state index contributed by atoms with van der Waals surface area (Å²) in [4.78, 5) is 0.776. The van der Waals surface area contributed by atoms with Crippen LogP contribution < -0.4 is 0 Å². The van der Waals surface area contributed by atoms with Gasteiger partial charge in [0, 0.05) is 4.90 Å². The smallest absolute Gasteiger partial charge is 0.0630 e. The molecular formula is C9H12O2S. The van der Waals surface area contributed by atoms with Crippen LogP contribution in [0.25, 0.3) is 0 Å². The van der Waals surface area contributed by atoms with Gasteiger partial charge in [0.2, 0.25) is 0 Å². The van der Waals surface area contributed by atoms with Gasteiger partial charge in [0.25, 0.3) is 0 Å². The van der Waals surface area contributed by atoms with Crippen LogP contribution in [0.3, 0.4) is 0 Å². The Labute approximate surface area is 74.7 Å². The third kappa shape index (κ3) is 2.75. The highest BCUT2D eigenvalue weighted by atomic mass is 32.2. The summed E-state index contributed by atoms with van der Waals surface area (Å²) in [5, 5.41) is 8.99. The van der Waals surface area contributed by atoms with Crippen molar-refractivity contribution in [3.8, 4) is 0 Å². The summed E-state index contributed by atoms with van der Waals surface area (Å²) in [6.45, 7) is 1.64. The number of hydrogen-bond donors (Lipinski definition) is 1. The van der Waals surface area contributed by atoms with E-state index in [-0.39, 0.29) is 0 Å². The molecule has 0 radical (unpaired) electrons. The van der Waals surface area contributed by atoms with Crippen molar-refractivity contribution in [2.75, 3.05) is 5.75 Å². The van der Waals surface area contributed by atoms with Gasteiger partial charge in [-0.05, 0) is 19.1 Å². The van der Waals surface area contributed by atoms with E-state index in [2.05, 4.69) is 0 Å². The van der Waals surface area contributed by atoms with Crippen LogP contribution in [0.1, 0.15) is 6.92 Å². The number of benzene rings is 1. The average Bonchev–Trinajstić information content (AvgIpc) is 2.05. The lowest BCUT2D eigenvalue weighted by atomic mass is 10.4. The van der Waals surface area contributed by atoms with Crippen LogP contribution in [0.15, 0.2) is 35.2 Å². The van der Waals surface area contributed by atoms with Crippen LogP contribution >= 0.6 is 0 Å². The van der Waals surface area contributed by atoms with Gasteiger partial charge < -0.3 is 5.11 Å². The summed E-state index contributed by atoms with van der Waals surface area (Å²) in [7, 11) is -1.06. The fourth-order valence-corrected chi connectivity index (χ4v) is 1.98. The Kier molecular flexibility index (Phi) is 3.44. The molecule has 0 heterocycles. The lowest BCUT2D eigenvalue weighted by Crippen LogP contribution is -2.12. The van der Waals surface area contributed by atoms with Crippen molar-refractivity contribution >= 4 is 10.8 Å². The Morgan fingerprint density at radius 1 is 1.42 bits per heavy atom. The number of aliphatic hydroxyl groups excluding tert-OH is 1. The zero-order valence-electron chi connectivity index (χ0n) is 6.93. The second-order valence-electron chi connectivity index (χ2n) is 2.67. The summed E-state index contributed by atoms with van der Waals surface area (Å²) in [5.41, 5.74) is 0. The highest BCUT2D eigenvalue weighted by Gasteiger charge is 2.05. The molecule has 0 aromatic heterocycles. The first kappa shape index (κ1) is 9.42. The van der Waals surface area contributed by atoms with Crippen molar-refractivity contribution in [2.24, 2.45) is 0 Å². The summed E-state index contributed by atoms with van der Waals surface area (Å²) >= 11 is 0. The number of rotatable bonds is 3. The zero-order valence-corrected chi connectivity index (χ0v) is 7.75. The molecule has 3 heteroatoms. The molecule has 1 N–H and O–H groups in total. The molecule has 0 aliphatic carbocycles. The van der Waals surface area contributed by atoms with Gasteiger partial charge in [-0.1, -0.05) is 18.2 Å². The van der Waals surface area contributed by atoms with Crippen LogP contribution in [-0.4, -0.2) is 21.2 Å². The molecule has 0 amide bonds. The van der Waals surface area contributed by atoms with E-state index in [1.165, 1.54) is 0 Å². The summed E-state index contributed by atoms with van der Waals surface area (Å²) in [5.74, 6) is 0.310. The molecule has 0 aliphatic heterocycles. The quantitative estimate of drug-likeness (QED) is 0.765. The standard InChI is InChI=1S/C9H12O2S/c1-8(10)7-12(11)9-5-3-2-4-6-9/h2-6,8,10H,7H2,1H3/t8?,12-/m0/s1. The molecular weight excluding hydrogens is 172 g/mol. The van der Waals surface area contributed by atoms with Gasteiger partial charge in [-0.25, -0.2) is 0 Å². The van der Waals surface area contributed by atoms with Crippen LogP contribution in [0, 0.1) is 0 Å². The molecule has 12 heavy (non-hydrogen) atoms. The maximum Gasteiger partial charge on any atom is 0.0630 e. The molecule has 0 saturated carbocycles. The topological polar surface area (TPSA) is 37.3 Å². The van der Waals surface area contributed by atoms with Crippen molar-refractivity contribution < 1.29 is 9.32 Å². The maximum atomic E-state index is 11.4. The average molecular weight is 184 g/mol. The third-order valence-corrected chi connectivity index (χ3v) is 2.98. The normalized spacial score (nSPS) is 15.5. The van der Waals surface area contributed by atoms with E-state index < -0.39 is 16.9 Å². The summed E-state index contributed by atoms with van der Waals surface area (Å²) in [6, 6.07) is 9.17. The third-order valence-electron chi connectivity index (χ3n) is 1.40. The monoisotopic (exact) mass is 184 g/mol. The van der Waals surface area contributed by atoms with E-state index in [0.717, 1.165) is 4.90 Å². The van der Waals surface area contributed by atoms with E-state index in [1.54, 1.807) is 19.1 Å². The van der Waals surface area contributed by atoms with E-state index in [4.69, 9.17) is 5.11 Å². The number of hydrogen-bond acceptors (Lipinski definition) is 2. The van der Waals surface area contributed by atoms with Crippen LogP contribution in [0.4, 0.5) is 0 Å². The van der Waals surface area contributed by atoms with Crippen LogP contribution in [0.5, 0.6) is 0 Å². The Hall–Kier alpha value is -0.670. The van der Waals surface area contributed by atoms with Crippen molar-refractivity contribution in [2.45, 2.75) is 17.9 Å². The number of aliphatic hydroxyl groups is 1. The van der Waals surface area contributed by atoms with Gasteiger partial charge in [0.1, 0.15) is 0 Å². The molecule has 66 valence electrons. The fraction of sp³-hybridized carbons (Fsp3) is 0.333. The lowest BCUT2D eigenvalue weighted by Gasteiger charge is -2.03. The van der Waals surface area contributed by atoms with Crippen LogP contribution in [0.2, 0.25) is 0 Å². The lowest BCUT2D eigenvalue weighted by molar-refractivity contribution is 0.219. The molecule has 0 spiro atoms. The molecule has 2 atom stereocenters. The van der Waals surface area contributed by atoms with Gasteiger partial charge in [-0.3, -0.25) is 4.21 Å². The molecule has 2 nitrogen and oxygen atoms in total. The maximum absolute atomic E-state index is 11.4.